The summed E-state index contributed by atoms with van der Waals surface area (Å²) in [6.07, 6.45) is 1.66. The fourth-order valence-corrected chi connectivity index (χ4v) is 3.73. The van der Waals surface area contributed by atoms with Gasteiger partial charge in [-0.25, -0.2) is 23.5 Å². The number of rotatable bonds is 11. The fraction of sp³-hybridized carbons (Fsp3) is 0.231. The Hall–Kier alpha value is -4.51. The van der Waals surface area contributed by atoms with Gasteiger partial charge in [0.15, 0.2) is 0 Å². The van der Waals surface area contributed by atoms with Crippen LogP contribution < -0.4 is 32.5 Å². The van der Waals surface area contributed by atoms with Crippen LogP contribution in [0, 0.1) is 5.82 Å². The van der Waals surface area contributed by atoms with E-state index in [4.69, 9.17) is 10.5 Å². The van der Waals surface area contributed by atoms with Gasteiger partial charge in [0.2, 0.25) is 5.95 Å². The van der Waals surface area contributed by atoms with E-state index in [1.807, 2.05) is 18.2 Å². The molecule has 11 heteroatoms. The molecule has 0 fully saturated rings. The number of pyridine rings is 1. The molecule has 0 aliphatic rings. The summed E-state index contributed by atoms with van der Waals surface area (Å²) in [7, 11) is 1.58. The van der Waals surface area contributed by atoms with Crippen molar-refractivity contribution in [2.24, 2.45) is 5.73 Å². The van der Waals surface area contributed by atoms with Crippen molar-refractivity contribution in [2.45, 2.75) is 19.6 Å². The molecule has 4 aromatic rings. The largest absolute Gasteiger partial charge is 0.497 e. The number of halogens is 1. The first-order valence-corrected chi connectivity index (χ1v) is 11.7. The van der Waals surface area contributed by atoms with Crippen LogP contribution in [-0.4, -0.2) is 39.3 Å². The van der Waals surface area contributed by atoms with Crippen LogP contribution in [0.25, 0.3) is 0 Å². The molecule has 0 atom stereocenters. The predicted octanol–water partition coefficient (Wildman–Crippen LogP) is 2.03. The molecule has 4 N–H and O–H groups in total. The Morgan fingerprint density at radius 2 is 1.62 bits per heavy atom. The van der Waals surface area contributed by atoms with E-state index in [0.717, 1.165) is 15.7 Å². The Balaban J connectivity index is 1.69. The Morgan fingerprint density at radius 3 is 2.30 bits per heavy atom. The molecule has 37 heavy (non-hydrogen) atoms. The Labute approximate surface area is 212 Å². The van der Waals surface area contributed by atoms with E-state index in [1.54, 1.807) is 31.5 Å². The topological polar surface area (TPSA) is 129 Å². The standard InChI is InChI=1S/C26H28FN7O3/c1-37-22-10-6-19(7-11-22)16-33-24(31-15-20-3-2-13-29-23(20)30-14-12-28)32-25(35)34(26(33)36)17-18-4-8-21(27)9-5-18/h2-11,13H,12,14-17,28H2,1H3,(H,29,30)(H,31,32,35). The summed E-state index contributed by atoms with van der Waals surface area (Å²) >= 11 is 0. The molecule has 0 aliphatic heterocycles. The lowest BCUT2D eigenvalue weighted by molar-refractivity contribution is 0.414. The first kappa shape index (κ1) is 25.6. The van der Waals surface area contributed by atoms with Gasteiger partial charge in [0.05, 0.1) is 20.2 Å². The van der Waals surface area contributed by atoms with Crippen molar-refractivity contribution >= 4 is 11.8 Å². The number of hydrogen-bond donors (Lipinski definition) is 3. The van der Waals surface area contributed by atoms with Crippen molar-refractivity contribution in [1.82, 2.24) is 19.1 Å². The average Bonchev–Trinajstić information content (AvgIpc) is 2.92. The highest BCUT2D eigenvalue weighted by Crippen LogP contribution is 2.15. The summed E-state index contributed by atoms with van der Waals surface area (Å²) < 4.78 is 21.0. The third-order valence-electron chi connectivity index (χ3n) is 5.67. The summed E-state index contributed by atoms with van der Waals surface area (Å²) in [4.78, 5) is 35.0. The lowest BCUT2D eigenvalue weighted by Gasteiger charge is -2.17. The van der Waals surface area contributed by atoms with Crippen molar-refractivity contribution < 1.29 is 9.13 Å². The van der Waals surface area contributed by atoms with Gasteiger partial charge in [0.1, 0.15) is 17.4 Å². The van der Waals surface area contributed by atoms with Gasteiger partial charge in [-0.15, -0.1) is 0 Å². The maximum atomic E-state index is 13.5. The number of ether oxygens (including phenoxy) is 1. The zero-order valence-corrected chi connectivity index (χ0v) is 20.4. The molecule has 0 amide bonds. The molecule has 0 saturated heterocycles. The number of nitrogens with zero attached hydrogens (tertiary/aromatic N) is 4. The molecule has 0 saturated carbocycles. The highest BCUT2D eigenvalue weighted by atomic mass is 19.1. The van der Waals surface area contributed by atoms with E-state index >= 15 is 0 Å². The fourth-order valence-electron chi connectivity index (χ4n) is 3.73. The highest BCUT2D eigenvalue weighted by Gasteiger charge is 2.15. The van der Waals surface area contributed by atoms with Gasteiger partial charge in [0.25, 0.3) is 0 Å². The van der Waals surface area contributed by atoms with Gasteiger partial charge < -0.3 is 21.1 Å². The number of nitrogens with two attached hydrogens (primary N) is 1. The Bertz CT molecular complexity index is 1450. The molecule has 2 aromatic carbocycles. The number of benzene rings is 2. The summed E-state index contributed by atoms with van der Waals surface area (Å²) in [5.74, 6) is 1.05. The molecule has 0 spiro atoms. The van der Waals surface area contributed by atoms with Crippen LogP contribution >= 0.6 is 0 Å². The minimum absolute atomic E-state index is 0.0381. The minimum atomic E-state index is -0.713. The average molecular weight is 506 g/mol. The molecule has 192 valence electrons. The second kappa shape index (κ2) is 12.0. The number of anilines is 2. The van der Waals surface area contributed by atoms with Crippen molar-refractivity contribution in [1.29, 1.82) is 0 Å². The van der Waals surface area contributed by atoms with Crippen molar-refractivity contribution in [2.75, 3.05) is 30.8 Å². The molecule has 0 unspecified atom stereocenters. The van der Waals surface area contributed by atoms with E-state index in [9.17, 15) is 14.0 Å². The van der Waals surface area contributed by atoms with Gasteiger partial charge in [-0.05, 0) is 41.5 Å². The molecular weight excluding hydrogens is 477 g/mol. The maximum Gasteiger partial charge on any atom is 0.355 e. The van der Waals surface area contributed by atoms with Gasteiger partial charge in [-0.2, -0.15) is 4.98 Å². The van der Waals surface area contributed by atoms with Crippen molar-refractivity contribution in [3.05, 3.63) is 110 Å². The quantitative estimate of drug-likeness (QED) is 0.282. The van der Waals surface area contributed by atoms with Crippen LogP contribution in [0.2, 0.25) is 0 Å². The molecule has 0 radical (unpaired) electrons. The van der Waals surface area contributed by atoms with Gasteiger partial charge in [-0.1, -0.05) is 30.3 Å². The second-order valence-corrected chi connectivity index (χ2v) is 8.23. The van der Waals surface area contributed by atoms with Gasteiger partial charge >= 0.3 is 11.4 Å². The van der Waals surface area contributed by atoms with Crippen LogP contribution in [0.15, 0.2) is 76.4 Å². The van der Waals surface area contributed by atoms with E-state index in [1.165, 1.54) is 28.8 Å². The van der Waals surface area contributed by atoms with Crippen LogP contribution in [0.4, 0.5) is 16.2 Å². The molecule has 2 aromatic heterocycles. The summed E-state index contributed by atoms with van der Waals surface area (Å²) in [5.41, 5.74) is 6.57. The SMILES string of the molecule is COc1ccc(Cn2c(NCc3cccnc3NCCN)nc(=O)n(Cc3ccc(F)cc3)c2=O)cc1. The molecule has 10 nitrogen and oxygen atoms in total. The number of hydrogen-bond acceptors (Lipinski definition) is 8. The Kier molecular flexibility index (Phi) is 8.26. The zero-order valence-electron chi connectivity index (χ0n) is 20.4. The van der Waals surface area contributed by atoms with E-state index in [-0.39, 0.29) is 25.6 Å². The molecule has 0 bridgehead atoms. The van der Waals surface area contributed by atoms with E-state index < -0.39 is 17.2 Å². The second-order valence-electron chi connectivity index (χ2n) is 8.23. The lowest BCUT2D eigenvalue weighted by Crippen LogP contribution is -2.43. The molecule has 0 aliphatic carbocycles. The van der Waals surface area contributed by atoms with Crippen LogP contribution in [-0.2, 0) is 19.6 Å². The van der Waals surface area contributed by atoms with Crippen LogP contribution in [0.1, 0.15) is 16.7 Å². The van der Waals surface area contributed by atoms with E-state index in [0.29, 0.717) is 30.2 Å². The first-order chi connectivity index (χ1) is 18.0. The van der Waals surface area contributed by atoms with Crippen LogP contribution in [0.3, 0.4) is 0 Å². The summed E-state index contributed by atoms with van der Waals surface area (Å²) in [6.45, 7) is 1.37. The molecule has 4 rings (SSSR count). The predicted molar refractivity (Wildman–Crippen MR) is 139 cm³/mol. The van der Waals surface area contributed by atoms with Gasteiger partial charge in [0, 0.05) is 31.4 Å². The maximum absolute atomic E-state index is 13.5. The normalized spacial score (nSPS) is 10.8. The number of aromatic nitrogens is 4. The van der Waals surface area contributed by atoms with E-state index in [2.05, 4.69) is 20.6 Å². The van der Waals surface area contributed by atoms with Crippen molar-refractivity contribution in [3.8, 4) is 5.75 Å². The highest BCUT2D eigenvalue weighted by molar-refractivity contribution is 5.45. The molecule has 2 heterocycles. The first-order valence-electron chi connectivity index (χ1n) is 11.7. The zero-order chi connectivity index (χ0) is 26.2. The smallest absolute Gasteiger partial charge is 0.355 e. The third kappa shape index (κ3) is 6.39. The monoisotopic (exact) mass is 505 g/mol. The Morgan fingerprint density at radius 1 is 0.946 bits per heavy atom. The van der Waals surface area contributed by atoms with Crippen molar-refractivity contribution in [3.63, 3.8) is 0 Å². The lowest BCUT2D eigenvalue weighted by atomic mass is 10.2. The summed E-state index contributed by atoms with van der Waals surface area (Å²) in [5, 5.41) is 6.28. The molecular formula is C26H28FN7O3. The van der Waals surface area contributed by atoms with Gasteiger partial charge in [-0.3, -0.25) is 4.57 Å². The van der Waals surface area contributed by atoms with Crippen LogP contribution in [0.5, 0.6) is 5.75 Å². The summed E-state index contributed by atoms with van der Waals surface area (Å²) in [6, 6.07) is 16.5. The number of methoxy groups -OCH3 is 1. The minimum Gasteiger partial charge on any atom is -0.497 e. The third-order valence-corrected chi connectivity index (χ3v) is 5.67. The number of nitrogens with one attached hydrogen (secondary N) is 2.